The van der Waals surface area contributed by atoms with Crippen LogP contribution in [0.15, 0.2) is 12.2 Å². The number of hydrogen-bond acceptors (Lipinski definition) is 3. The molecule has 2 heterocycles. The summed E-state index contributed by atoms with van der Waals surface area (Å²) >= 11 is 0. The van der Waals surface area contributed by atoms with Crippen LogP contribution >= 0.6 is 0 Å². The first-order valence-electron chi connectivity index (χ1n) is 4.10. The second-order valence-electron chi connectivity index (χ2n) is 3.38. The average Bonchev–Trinajstić information content (AvgIpc) is 2.61. The summed E-state index contributed by atoms with van der Waals surface area (Å²) in [6, 6.07) is 0. The van der Waals surface area contributed by atoms with Crippen LogP contribution in [-0.2, 0) is 14.3 Å². The van der Waals surface area contributed by atoms with Gasteiger partial charge in [-0.25, -0.2) is 0 Å². The lowest BCUT2D eigenvalue weighted by Crippen LogP contribution is -2.27. The fourth-order valence-corrected chi connectivity index (χ4v) is 1.88. The SMILES string of the molecule is COC12C=CC(O1)C(C(C)=O)C2. The van der Waals surface area contributed by atoms with Crippen LogP contribution in [0, 0.1) is 5.92 Å². The highest BCUT2D eigenvalue weighted by molar-refractivity contribution is 5.80. The average molecular weight is 168 g/mol. The number of ether oxygens (including phenoxy) is 2. The Labute approximate surface area is 71.3 Å². The Hall–Kier alpha value is -0.670. The van der Waals surface area contributed by atoms with Gasteiger partial charge in [0.1, 0.15) is 5.78 Å². The first-order valence-corrected chi connectivity index (χ1v) is 4.10. The van der Waals surface area contributed by atoms with Gasteiger partial charge in [0.15, 0.2) is 5.79 Å². The van der Waals surface area contributed by atoms with Crippen molar-refractivity contribution in [2.24, 2.45) is 5.92 Å². The number of methoxy groups -OCH3 is 1. The highest BCUT2D eigenvalue weighted by atomic mass is 16.7. The van der Waals surface area contributed by atoms with E-state index >= 15 is 0 Å². The molecule has 1 saturated heterocycles. The van der Waals surface area contributed by atoms with E-state index in [0.29, 0.717) is 6.42 Å². The molecule has 3 heteroatoms. The molecule has 0 amide bonds. The zero-order valence-electron chi connectivity index (χ0n) is 7.24. The van der Waals surface area contributed by atoms with Gasteiger partial charge in [0.2, 0.25) is 0 Å². The topological polar surface area (TPSA) is 35.5 Å². The van der Waals surface area contributed by atoms with Crippen LogP contribution in [0.2, 0.25) is 0 Å². The van der Waals surface area contributed by atoms with Gasteiger partial charge >= 0.3 is 0 Å². The lowest BCUT2D eigenvalue weighted by Gasteiger charge is -2.20. The predicted molar refractivity (Wildman–Crippen MR) is 42.5 cm³/mol. The summed E-state index contributed by atoms with van der Waals surface area (Å²) in [4.78, 5) is 11.1. The quantitative estimate of drug-likeness (QED) is 0.574. The molecule has 2 bridgehead atoms. The number of carbonyl (C=O) groups excluding carboxylic acids is 1. The monoisotopic (exact) mass is 168 g/mol. The van der Waals surface area contributed by atoms with Gasteiger partial charge in [0.25, 0.3) is 0 Å². The Morgan fingerprint density at radius 2 is 2.50 bits per heavy atom. The third-order valence-electron chi connectivity index (χ3n) is 2.64. The van der Waals surface area contributed by atoms with E-state index in [0.717, 1.165) is 0 Å². The van der Waals surface area contributed by atoms with Crippen molar-refractivity contribution in [1.82, 2.24) is 0 Å². The van der Waals surface area contributed by atoms with Gasteiger partial charge in [0, 0.05) is 13.5 Å². The van der Waals surface area contributed by atoms with Crippen molar-refractivity contribution in [3.05, 3.63) is 12.2 Å². The van der Waals surface area contributed by atoms with Crippen molar-refractivity contribution in [2.45, 2.75) is 25.2 Å². The zero-order valence-corrected chi connectivity index (χ0v) is 7.24. The molecule has 0 saturated carbocycles. The molecule has 0 aromatic heterocycles. The largest absolute Gasteiger partial charge is 0.350 e. The number of hydrogen-bond donors (Lipinski definition) is 0. The molecular formula is C9H12O3. The molecule has 12 heavy (non-hydrogen) atoms. The van der Waals surface area contributed by atoms with Crippen LogP contribution in [0.25, 0.3) is 0 Å². The van der Waals surface area contributed by atoms with Crippen LogP contribution in [0.4, 0.5) is 0 Å². The van der Waals surface area contributed by atoms with Crippen molar-refractivity contribution in [3.8, 4) is 0 Å². The summed E-state index contributed by atoms with van der Waals surface area (Å²) in [6.07, 6.45) is 4.43. The summed E-state index contributed by atoms with van der Waals surface area (Å²) in [6.45, 7) is 1.60. The lowest BCUT2D eigenvalue weighted by atomic mass is 9.90. The Morgan fingerprint density at radius 1 is 1.75 bits per heavy atom. The fraction of sp³-hybridized carbons (Fsp3) is 0.667. The first-order chi connectivity index (χ1) is 5.67. The van der Waals surface area contributed by atoms with E-state index in [2.05, 4.69) is 0 Å². The second-order valence-corrected chi connectivity index (χ2v) is 3.38. The van der Waals surface area contributed by atoms with Gasteiger partial charge in [-0.15, -0.1) is 0 Å². The van der Waals surface area contributed by atoms with Gasteiger partial charge in [-0.2, -0.15) is 0 Å². The Bertz CT molecular complexity index is 246. The van der Waals surface area contributed by atoms with E-state index in [9.17, 15) is 4.79 Å². The number of Topliss-reactive ketones (excluding diaryl/α,β-unsaturated/α-hetero) is 1. The van der Waals surface area contributed by atoms with Crippen molar-refractivity contribution < 1.29 is 14.3 Å². The lowest BCUT2D eigenvalue weighted by molar-refractivity contribution is -0.157. The molecule has 2 aliphatic heterocycles. The molecule has 0 aliphatic carbocycles. The normalized spacial score (nSPS) is 43.8. The molecule has 0 radical (unpaired) electrons. The van der Waals surface area contributed by atoms with Gasteiger partial charge in [-0.3, -0.25) is 4.79 Å². The molecule has 1 fully saturated rings. The molecule has 0 N–H and O–H groups in total. The van der Waals surface area contributed by atoms with Crippen molar-refractivity contribution in [2.75, 3.05) is 7.11 Å². The van der Waals surface area contributed by atoms with Crippen molar-refractivity contribution in [1.29, 1.82) is 0 Å². The zero-order chi connectivity index (χ0) is 8.77. The van der Waals surface area contributed by atoms with Gasteiger partial charge < -0.3 is 9.47 Å². The molecule has 0 aromatic rings. The molecule has 66 valence electrons. The number of rotatable bonds is 2. The minimum atomic E-state index is -0.596. The summed E-state index contributed by atoms with van der Waals surface area (Å²) in [5, 5.41) is 0. The van der Waals surface area contributed by atoms with Gasteiger partial charge in [0.05, 0.1) is 12.0 Å². The molecular weight excluding hydrogens is 156 g/mol. The summed E-state index contributed by atoms with van der Waals surface area (Å²) in [5.41, 5.74) is 0. The molecule has 2 rings (SSSR count). The van der Waals surface area contributed by atoms with E-state index in [-0.39, 0.29) is 17.8 Å². The van der Waals surface area contributed by atoms with Crippen LogP contribution in [-0.4, -0.2) is 24.8 Å². The number of carbonyl (C=O) groups is 1. The fourth-order valence-electron chi connectivity index (χ4n) is 1.88. The van der Waals surface area contributed by atoms with E-state index in [1.165, 1.54) is 0 Å². The smallest absolute Gasteiger partial charge is 0.189 e. The summed E-state index contributed by atoms with van der Waals surface area (Å²) in [7, 11) is 1.61. The molecule has 2 aliphatic rings. The van der Waals surface area contributed by atoms with Crippen LogP contribution < -0.4 is 0 Å². The minimum Gasteiger partial charge on any atom is -0.350 e. The third-order valence-corrected chi connectivity index (χ3v) is 2.64. The summed E-state index contributed by atoms with van der Waals surface area (Å²) in [5.74, 6) is -0.417. The van der Waals surface area contributed by atoms with E-state index in [1.54, 1.807) is 14.0 Å². The van der Waals surface area contributed by atoms with Crippen LogP contribution in [0.3, 0.4) is 0 Å². The molecule has 0 spiro atoms. The van der Waals surface area contributed by atoms with Crippen LogP contribution in [0.1, 0.15) is 13.3 Å². The Balaban J connectivity index is 2.21. The second kappa shape index (κ2) is 2.41. The molecule has 0 aromatic carbocycles. The molecule has 3 nitrogen and oxygen atoms in total. The highest BCUT2D eigenvalue weighted by Crippen LogP contribution is 2.42. The molecule has 3 atom stereocenters. The van der Waals surface area contributed by atoms with Crippen LogP contribution in [0.5, 0.6) is 0 Å². The standard InChI is InChI=1S/C9H12O3/c1-6(10)7-5-9(11-2)4-3-8(7)12-9/h3-4,7-8H,5H2,1-2H3. The van der Waals surface area contributed by atoms with Gasteiger partial charge in [-0.05, 0) is 13.0 Å². The Morgan fingerprint density at radius 3 is 2.92 bits per heavy atom. The van der Waals surface area contributed by atoms with Gasteiger partial charge in [-0.1, -0.05) is 6.08 Å². The maximum atomic E-state index is 11.1. The van der Waals surface area contributed by atoms with E-state index < -0.39 is 5.79 Å². The molecule has 3 unspecified atom stereocenters. The summed E-state index contributed by atoms with van der Waals surface area (Å²) < 4.78 is 10.7. The van der Waals surface area contributed by atoms with E-state index in [4.69, 9.17) is 9.47 Å². The van der Waals surface area contributed by atoms with Crippen molar-refractivity contribution >= 4 is 5.78 Å². The Kier molecular flexibility index (Phi) is 1.59. The highest BCUT2D eigenvalue weighted by Gasteiger charge is 2.50. The van der Waals surface area contributed by atoms with E-state index in [1.807, 2.05) is 12.2 Å². The minimum absolute atomic E-state index is 0.00468. The maximum Gasteiger partial charge on any atom is 0.189 e. The van der Waals surface area contributed by atoms with Crippen molar-refractivity contribution in [3.63, 3.8) is 0 Å². The maximum absolute atomic E-state index is 11.1. The number of fused-ring (bicyclic) bond motifs is 2. The predicted octanol–water partition coefficient (Wildman–Crippen LogP) is 0.893. The third kappa shape index (κ3) is 0.934. The number of ketones is 1. The first kappa shape index (κ1) is 7.95.